The number of aryl methyl sites for hydroxylation is 1. The number of aromatic nitrogens is 2. The van der Waals surface area contributed by atoms with Crippen LogP contribution in [0.4, 0.5) is 0 Å². The first kappa shape index (κ1) is 19.6. The van der Waals surface area contributed by atoms with Gasteiger partial charge in [0.05, 0.1) is 11.9 Å². The maximum Gasteiger partial charge on any atom is 0.295 e. The van der Waals surface area contributed by atoms with Gasteiger partial charge < -0.3 is 24.8 Å². The van der Waals surface area contributed by atoms with Gasteiger partial charge in [0.15, 0.2) is 0 Å². The molecule has 0 aliphatic carbocycles. The SMILES string of the molecule is Cc1cccc(-c2cncc(O[C@@H]3OC(S(=O)(=O)O)[C@@H](O)[C@H](O)[C@H]3O)c2)n1. The lowest BCUT2D eigenvalue weighted by Crippen LogP contribution is -2.61. The molecular weight excluding hydrogens is 380 g/mol. The normalized spacial score (nSPS) is 28.7. The van der Waals surface area contributed by atoms with Crippen molar-refractivity contribution in [2.45, 2.75) is 37.0 Å². The number of hydrogen-bond donors (Lipinski definition) is 4. The van der Waals surface area contributed by atoms with Gasteiger partial charge in [0.1, 0.15) is 24.1 Å². The molecule has 2 aromatic rings. The van der Waals surface area contributed by atoms with Crippen LogP contribution in [0.25, 0.3) is 11.3 Å². The molecule has 1 unspecified atom stereocenters. The van der Waals surface area contributed by atoms with Crippen LogP contribution in [0.3, 0.4) is 0 Å². The predicted molar refractivity (Wildman–Crippen MR) is 91.1 cm³/mol. The summed E-state index contributed by atoms with van der Waals surface area (Å²) < 4.78 is 42.1. The van der Waals surface area contributed by atoms with Crippen LogP contribution in [-0.2, 0) is 14.9 Å². The van der Waals surface area contributed by atoms with Crippen LogP contribution in [0.1, 0.15) is 5.69 Å². The van der Waals surface area contributed by atoms with E-state index < -0.39 is 40.2 Å². The maximum absolute atomic E-state index is 11.3. The summed E-state index contributed by atoms with van der Waals surface area (Å²) in [4.78, 5) is 8.35. The van der Waals surface area contributed by atoms with E-state index in [1.165, 1.54) is 18.5 Å². The lowest BCUT2D eigenvalue weighted by atomic mass is 10.1. The first-order valence-electron chi connectivity index (χ1n) is 7.88. The van der Waals surface area contributed by atoms with Crippen molar-refractivity contribution >= 4 is 10.1 Å². The van der Waals surface area contributed by atoms with E-state index >= 15 is 0 Å². The number of ether oxygens (including phenoxy) is 2. The van der Waals surface area contributed by atoms with Crippen LogP contribution in [0.15, 0.2) is 36.7 Å². The fourth-order valence-electron chi connectivity index (χ4n) is 2.62. The molecule has 0 bridgehead atoms. The third-order valence-corrected chi connectivity index (χ3v) is 4.95. The van der Waals surface area contributed by atoms with E-state index in [0.717, 1.165) is 5.69 Å². The lowest BCUT2D eigenvalue weighted by Gasteiger charge is -2.38. The van der Waals surface area contributed by atoms with Crippen molar-refractivity contribution in [3.05, 3.63) is 42.4 Å². The van der Waals surface area contributed by atoms with Crippen molar-refractivity contribution < 1.29 is 37.8 Å². The molecule has 10 nitrogen and oxygen atoms in total. The van der Waals surface area contributed by atoms with Crippen LogP contribution in [0.5, 0.6) is 5.75 Å². The Bertz CT molecular complexity index is 922. The minimum Gasteiger partial charge on any atom is -0.460 e. The molecule has 5 atom stereocenters. The van der Waals surface area contributed by atoms with E-state index in [0.29, 0.717) is 11.3 Å². The molecule has 0 amide bonds. The minimum absolute atomic E-state index is 0.0949. The first-order chi connectivity index (χ1) is 12.7. The minimum atomic E-state index is -4.86. The summed E-state index contributed by atoms with van der Waals surface area (Å²) >= 11 is 0. The third-order valence-electron chi connectivity index (χ3n) is 3.97. The van der Waals surface area contributed by atoms with Crippen molar-refractivity contribution in [3.8, 4) is 17.0 Å². The molecule has 0 saturated carbocycles. The van der Waals surface area contributed by atoms with Crippen LogP contribution >= 0.6 is 0 Å². The van der Waals surface area contributed by atoms with Gasteiger partial charge in [0.2, 0.25) is 11.7 Å². The molecule has 3 rings (SSSR count). The van der Waals surface area contributed by atoms with Gasteiger partial charge in [0.25, 0.3) is 10.1 Å². The van der Waals surface area contributed by atoms with Gasteiger partial charge in [-0.3, -0.25) is 14.5 Å². The molecule has 1 aliphatic rings. The Morgan fingerprint density at radius 1 is 1.11 bits per heavy atom. The fourth-order valence-corrected chi connectivity index (χ4v) is 3.39. The second-order valence-corrected chi connectivity index (χ2v) is 7.55. The van der Waals surface area contributed by atoms with E-state index in [-0.39, 0.29) is 5.75 Å². The first-order valence-corrected chi connectivity index (χ1v) is 9.39. The number of aliphatic hydroxyl groups excluding tert-OH is 3. The number of hydrogen-bond acceptors (Lipinski definition) is 9. The molecule has 146 valence electrons. The molecule has 0 radical (unpaired) electrons. The van der Waals surface area contributed by atoms with Gasteiger partial charge in [-0.25, -0.2) is 0 Å². The Balaban J connectivity index is 1.85. The van der Waals surface area contributed by atoms with Crippen LogP contribution in [-0.4, -0.2) is 68.3 Å². The lowest BCUT2D eigenvalue weighted by molar-refractivity contribution is -0.254. The summed E-state index contributed by atoms with van der Waals surface area (Å²) in [6.45, 7) is 1.83. The third kappa shape index (κ3) is 4.24. The highest BCUT2D eigenvalue weighted by Gasteiger charge is 2.50. The highest BCUT2D eigenvalue weighted by atomic mass is 32.2. The predicted octanol–water partition coefficient (Wildman–Crippen LogP) is -0.516. The second kappa shape index (κ2) is 7.46. The smallest absolute Gasteiger partial charge is 0.295 e. The zero-order valence-electron chi connectivity index (χ0n) is 14.1. The van der Waals surface area contributed by atoms with Crippen molar-refractivity contribution in [2.75, 3.05) is 0 Å². The average molecular weight is 398 g/mol. The van der Waals surface area contributed by atoms with Crippen LogP contribution < -0.4 is 4.74 Å². The summed E-state index contributed by atoms with van der Waals surface area (Å²) in [6.07, 6.45) is -4.57. The van der Waals surface area contributed by atoms with E-state index in [1.54, 1.807) is 6.07 Å². The molecule has 11 heteroatoms. The van der Waals surface area contributed by atoms with Gasteiger partial charge in [-0.05, 0) is 25.1 Å². The molecule has 1 fully saturated rings. The number of aliphatic hydroxyl groups is 3. The van der Waals surface area contributed by atoms with Gasteiger partial charge in [-0.1, -0.05) is 6.07 Å². The molecule has 4 N–H and O–H groups in total. The molecule has 0 aromatic carbocycles. The monoisotopic (exact) mass is 398 g/mol. The second-order valence-electron chi connectivity index (χ2n) is 6.05. The van der Waals surface area contributed by atoms with E-state index in [2.05, 4.69) is 9.97 Å². The molecular formula is C16H18N2O8S. The molecule has 1 aliphatic heterocycles. The van der Waals surface area contributed by atoms with Crippen molar-refractivity contribution in [1.82, 2.24) is 9.97 Å². The fraction of sp³-hybridized carbons (Fsp3) is 0.375. The number of nitrogens with zero attached hydrogens (tertiary/aromatic N) is 2. The molecule has 27 heavy (non-hydrogen) atoms. The average Bonchev–Trinajstić information content (AvgIpc) is 2.61. The topological polar surface area (TPSA) is 159 Å². The van der Waals surface area contributed by atoms with Gasteiger partial charge in [0, 0.05) is 17.5 Å². The van der Waals surface area contributed by atoms with Crippen molar-refractivity contribution in [3.63, 3.8) is 0 Å². The van der Waals surface area contributed by atoms with Crippen LogP contribution in [0.2, 0.25) is 0 Å². The highest BCUT2D eigenvalue weighted by molar-refractivity contribution is 7.86. The Labute approximate surface area is 154 Å². The van der Waals surface area contributed by atoms with Crippen LogP contribution in [0, 0.1) is 6.92 Å². The summed E-state index contributed by atoms with van der Waals surface area (Å²) in [5, 5.41) is 29.5. The zero-order valence-corrected chi connectivity index (χ0v) is 14.9. The summed E-state index contributed by atoms with van der Waals surface area (Å²) in [5.74, 6) is 0.0949. The van der Waals surface area contributed by atoms with Gasteiger partial charge in [-0.15, -0.1) is 0 Å². The molecule has 0 spiro atoms. The van der Waals surface area contributed by atoms with E-state index in [4.69, 9.17) is 14.0 Å². The quantitative estimate of drug-likeness (QED) is 0.494. The summed E-state index contributed by atoms with van der Waals surface area (Å²) in [6, 6.07) is 6.93. The Morgan fingerprint density at radius 3 is 2.52 bits per heavy atom. The maximum atomic E-state index is 11.3. The molecule has 3 heterocycles. The van der Waals surface area contributed by atoms with Crippen molar-refractivity contribution in [1.29, 1.82) is 0 Å². The van der Waals surface area contributed by atoms with E-state index in [1.807, 2.05) is 19.1 Å². The number of rotatable bonds is 4. The number of pyridine rings is 2. The Hall–Kier alpha value is -2.15. The largest absolute Gasteiger partial charge is 0.460 e. The molecule has 2 aromatic heterocycles. The summed E-state index contributed by atoms with van der Waals surface area (Å²) in [7, 11) is -4.86. The van der Waals surface area contributed by atoms with Gasteiger partial charge >= 0.3 is 0 Å². The Kier molecular flexibility index (Phi) is 5.42. The highest BCUT2D eigenvalue weighted by Crippen LogP contribution is 2.28. The Morgan fingerprint density at radius 2 is 1.85 bits per heavy atom. The van der Waals surface area contributed by atoms with Gasteiger partial charge in [-0.2, -0.15) is 8.42 Å². The standard InChI is InChI=1S/C16H18N2O8S/c1-8-3-2-4-11(18-8)9-5-10(7-17-6-9)25-15-13(20)12(19)14(21)16(26-15)27(22,23)24/h2-7,12-16,19-21H,1H3,(H,22,23,24)/t12-,13-,14+,15-,16?/m1/s1. The zero-order chi connectivity index (χ0) is 19.8. The summed E-state index contributed by atoms with van der Waals surface area (Å²) in [5.41, 5.74) is -0.175. The van der Waals surface area contributed by atoms with E-state index in [9.17, 15) is 23.7 Å². The molecule has 1 saturated heterocycles. The van der Waals surface area contributed by atoms with Crippen molar-refractivity contribution in [2.24, 2.45) is 0 Å².